The number of hydrogen-bond acceptors (Lipinski definition) is 4. The van der Waals surface area contributed by atoms with Gasteiger partial charge in [-0.25, -0.2) is 0 Å². The van der Waals surface area contributed by atoms with E-state index in [9.17, 15) is 15.0 Å². The SMILES string of the molecule is C=Cc1cc(OC)ccc1O.CCC.CNC(=O)c1ccc(-n2cccc2)cc1O. The molecule has 0 spiro atoms. The van der Waals surface area contributed by atoms with Crippen LogP contribution < -0.4 is 10.1 Å². The standard InChI is InChI=1S/C12H12N2O2.C9H10O2.C3H8/c1-13-12(16)10-5-4-9(8-11(10)15)14-6-2-3-7-14;1-3-7-6-8(11-2)4-5-9(7)10;1-3-2/h2-8,15H,1H3,(H,13,16);3-6,10H,1H2,2H3;3H2,1-2H3. The maximum Gasteiger partial charge on any atom is 0.254 e. The van der Waals surface area contributed by atoms with Crippen molar-refractivity contribution in [2.24, 2.45) is 0 Å². The summed E-state index contributed by atoms with van der Waals surface area (Å²) in [7, 11) is 3.11. The number of aromatic nitrogens is 1. The Labute approximate surface area is 178 Å². The van der Waals surface area contributed by atoms with E-state index in [1.807, 2.05) is 29.1 Å². The van der Waals surface area contributed by atoms with Crippen LogP contribution in [-0.4, -0.2) is 34.8 Å². The first-order chi connectivity index (χ1) is 14.4. The van der Waals surface area contributed by atoms with Gasteiger partial charge in [0.25, 0.3) is 5.91 Å². The zero-order valence-corrected chi connectivity index (χ0v) is 17.9. The van der Waals surface area contributed by atoms with Crippen molar-refractivity contribution in [3.8, 4) is 22.9 Å². The minimum Gasteiger partial charge on any atom is -0.507 e. The molecule has 2 aromatic carbocycles. The molecule has 0 aliphatic rings. The summed E-state index contributed by atoms with van der Waals surface area (Å²) >= 11 is 0. The molecule has 0 unspecified atom stereocenters. The summed E-state index contributed by atoms with van der Waals surface area (Å²) in [4.78, 5) is 11.4. The minimum absolute atomic E-state index is 0.0226. The number of amides is 1. The van der Waals surface area contributed by atoms with Crippen molar-refractivity contribution in [3.63, 3.8) is 0 Å². The lowest BCUT2D eigenvalue weighted by Gasteiger charge is -2.07. The van der Waals surface area contributed by atoms with Gasteiger partial charge in [-0.3, -0.25) is 4.79 Å². The smallest absolute Gasteiger partial charge is 0.254 e. The number of carbonyl (C=O) groups is 1. The van der Waals surface area contributed by atoms with Gasteiger partial charge in [0, 0.05) is 36.8 Å². The zero-order valence-electron chi connectivity index (χ0n) is 17.9. The molecule has 0 radical (unpaired) electrons. The molecule has 3 rings (SSSR count). The van der Waals surface area contributed by atoms with Crippen LogP contribution >= 0.6 is 0 Å². The van der Waals surface area contributed by atoms with Gasteiger partial charge in [0.05, 0.1) is 12.7 Å². The van der Waals surface area contributed by atoms with Gasteiger partial charge in [0.1, 0.15) is 17.2 Å². The Morgan fingerprint density at radius 1 is 1.10 bits per heavy atom. The quantitative estimate of drug-likeness (QED) is 0.565. The van der Waals surface area contributed by atoms with Crippen LogP contribution in [0.4, 0.5) is 0 Å². The first kappa shape index (κ1) is 24.4. The fourth-order valence-corrected chi connectivity index (χ4v) is 2.34. The van der Waals surface area contributed by atoms with Crippen molar-refractivity contribution < 1.29 is 19.7 Å². The van der Waals surface area contributed by atoms with Crippen LogP contribution in [0.1, 0.15) is 36.2 Å². The van der Waals surface area contributed by atoms with Gasteiger partial charge in [-0.05, 0) is 42.5 Å². The average molecular weight is 411 g/mol. The van der Waals surface area contributed by atoms with Crippen LogP contribution in [0.2, 0.25) is 0 Å². The Kier molecular flexibility index (Phi) is 10.3. The van der Waals surface area contributed by atoms with Crippen LogP contribution in [-0.2, 0) is 0 Å². The van der Waals surface area contributed by atoms with Crippen LogP contribution in [0, 0.1) is 0 Å². The van der Waals surface area contributed by atoms with E-state index in [2.05, 4.69) is 25.7 Å². The largest absolute Gasteiger partial charge is 0.507 e. The van der Waals surface area contributed by atoms with Gasteiger partial charge in [0.2, 0.25) is 0 Å². The molecule has 0 saturated heterocycles. The summed E-state index contributed by atoms with van der Waals surface area (Å²) in [6.45, 7) is 7.80. The summed E-state index contributed by atoms with van der Waals surface area (Å²) < 4.78 is 6.81. The number of hydrogen-bond donors (Lipinski definition) is 3. The monoisotopic (exact) mass is 410 g/mol. The van der Waals surface area contributed by atoms with E-state index < -0.39 is 0 Å². The first-order valence-electron chi connectivity index (χ1n) is 9.59. The number of nitrogens with one attached hydrogen (secondary N) is 1. The van der Waals surface area contributed by atoms with Crippen molar-refractivity contribution in [2.45, 2.75) is 20.3 Å². The summed E-state index contributed by atoms with van der Waals surface area (Å²) in [6, 6.07) is 13.7. The first-order valence-corrected chi connectivity index (χ1v) is 9.59. The average Bonchev–Trinajstić information content (AvgIpc) is 3.29. The molecule has 0 bridgehead atoms. The highest BCUT2D eigenvalue weighted by atomic mass is 16.5. The number of phenolic OH excluding ortho intramolecular Hbond substituents is 2. The molecule has 0 fully saturated rings. The minimum atomic E-state index is -0.295. The Hall–Kier alpha value is -3.67. The Morgan fingerprint density at radius 2 is 1.73 bits per heavy atom. The van der Waals surface area contributed by atoms with Crippen LogP contribution in [0.5, 0.6) is 17.2 Å². The number of nitrogens with zero attached hydrogens (tertiary/aromatic N) is 1. The molecule has 0 aliphatic heterocycles. The highest BCUT2D eigenvalue weighted by molar-refractivity contribution is 5.96. The Bertz CT molecular complexity index is 934. The fraction of sp³-hybridized carbons (Fsp3) is 0.208. The van der Waals surface area contributed by atoms with E-state index in [1.165, 1.54) is 13.5 Å². The fourth-order valence-electron chi connectivity index (χ4n) is 2.34. The maximum atomic E-state index is 11.4. The highest BCUT2D eigenvalue weighted by Gasteiger charge is 2.09. The van der Waals surface area contributed by atoms with Crippen LogP contribution in [0.3, 0.4) is 0 Å². The molecule has 0 atom stereocenters. The van der Waals surface area contributed by atoms with E-state index in [0.717, 1.165) is 11.4 Å². The van der Waals surface area contributed by atoms with E-state index in [0.29, 0.717) is 5.56 Å². The second kappa shape index (κ2) is 12.7. The third kappa shape index (κ3) is 7.05. The van der Waals surface area contributed by atoms with Gasteiger partial charge in [-0.1, -0.05) is 32.9 Å². The van der Waals surface area contributed by atoms with Gasteiger partial charge in [-0.2, -0.15) is 0 Å². The lowest BCUT2D eigenvalue weighted by Crippen LogP contribution is -2.17. The maximum absolute atomic E-state index is 11.4. The molecule has 1 heterocycles. The summed E-state index contributed by atoms with van der Waals surface area (Å²) in [5.74, 6) is 0.626. The summed E-state index contributed by atoms with van der Waals surface area (Å²) in [5, 5.41) is 21.4. The van der Waals surface area contributed by atoms with E-state index >= 15 is 0 Å². The van der Waals surface area contributed by atoms with Gasteiger partial charge < -0.3 is 24.8 Å². The van der Waals surface area contributed by atoms with Crippen molar-refractivity contribution in [1.82, 2.24) is 9.88 Å². The summed E-state index contributed by atoms with van der Waals surface area (Å²) in [5.41, 5.74) is 1.78. The number of rotatable bonds is 4. The van der Waals surface area contributed by atoms with Crippen molar-refractivity contribution in [3.05, 3.63) is 78.6 Å². The molecule has 3 aromatic rings. The molecule has 3 N–H and O–H groups in total. The molecule has 1 aromatic heterocycles. The predicted octanol–water partition coefficient (Wildman–Crippen LogP) is 5.00. The molecule has 30 heavy (non-hydrogen) atoms. The topological polar surface area (TPSA) is 83.7 Å². The number of methoxy groups -OCH3 is 1. The second-order valence-electron chi connectivity index (χ2n) is 6.21. The van der Waals surface area contributed by atoms with Crippen molar-refractivity contribution in [2.75, 3.05) is 14.2 Å². The number of ether oxygens (including phenoxy) is 1. The van der Waals surface area contributed by atoms with E-state index in [4.69, 9.17) is 4.74 Å². The van der Waals surface area contributed by atoms with Gasteiger partial charge in [0.15, 0.2) is 0 Å². The highest BCUT2D eigenvalue weighted by Crippen LogP contribution is 2.23. The molecule has 6 heteroatoms. The molecule has 0 aliphatic carbocycles. The van der Waals surface area contributed by atoms with Crippen LogP contribution in [0.15, 0.2) is 67.5 Å². The Morgan fingerprint density at radius 3 is 2.23 bits per heavy atom. The van der Waals surface area contributed by atoms with E-state index in [-0.39, 0.29) is 23.0 Å². The van der Waals surface area contributed by atoms with Gasteiger partial charge in [-0.15, -0.1) is 0 Å². The molecular weight excluding hydrogens is 380 g/mol. The second-order valence-corrected chi connectivity index (χ2v) is 6.21. The third-order valence-electron chi connectivity index (χ3n) is 3.81. The normalized spacial score (nSPS) is 9.33. The Balaban J connectivity index is 0.000000280. The summed E-state index contributed by atoms with van der Waals surface area (Å²) in [6.07, 6.45) is 6.57. The lowest BCUT2D eigenvalue weighted by atomic mass is 10.1. The molecule has 6 nitrogen and oxygen atoms in total. The molecule has 0 saturated carbocycles. The van der Waals surface area contributed by atoms with Crippen molar-refractivity contribution in [1.29, 1.82) is 0 Å². The van der Waals surface area contributed by atoms with Crippen LogP contribution in [0.25, 0.3) is 11.8 Å². The number of carbonyl (C=O) groups excluding carboxylic acids is 1. The third-order valence-corrected chi connectivity index (χ3v) is 3.81. The van der Waals surface area contributed by atoms with Gasteiger partial charge >= 0.3 is 0 Å². The molecular formula is C24H30N2O4. The van der Waals surface area contributed by atoms with E-state index in [1.54, 1.807) is 49.6 Å². The molecule has 1 amide bonds. The molecule has 160 valence electrons. The number of phenols is 2. The zero-order chi connectivity index (χ0) is 22.5. The predicted molar refractivity (Wildman–Crippen MR) is 122 cm³/mol. The number of aromatic hydroxyl groups is 2. The number of benzene rings is 2. The lowest BCUT2D eigenvalue weighted by molar-refractivity contribution is 0.0960. The van der Waals surface area contributed by atoms with Crippen molar-refractivity contribution >= 4 is 12.0 Å².